The Morgan fingerprint density at radius 2 is 2.09 bits per heavy atom. The number of halogens is 1. The summed E-state index contributed by atoms with van der Waals surface area (Å²) in [5, 5.41) is 6.56. The summed E-state index contributed by atoms with van der Waals surface area (Å²) in [4.78, 5) is 6.57. The van der Waals surface area contributed by atoms with Crippen LogP contribution in [0.25, 0.3) is 0 Å². The average Bonchev–Trinajstić information content (AvgIpc) is 3.03. The van der Waals surface area contributed by atoms with Gasteiger partial charge < -0.3 is 19.8 Å². The van der Waals surface area contributed by atoms with Crippen molar-refractivity contribution in [2.24, 2.45) is 4.99 Å². The molecule has 0 aliphatic rings. The van der Waals surface area contributed by atoms with Crippen LogP contribution in [0.15, 0.2) is 27.8 Å². The van der Waals surface area contributed by atoms with E-state index in [1.54, 1.807) is 20.4 Å². The maximum Gasteiger partial charge on any atom is 0.191 e. The van der Waals surface area contributed by atoms with Gasteiger partial charge in [0.15, 0.2) is 5.96 Å². The van der Waals surface area contributed by atoms with Crippen molar-refractivity contribution in [2.45, 2.75) is 19.9 Å². The molecule has 1 aromatic heterocycles. The van der Waals surface area contributed by atoms with Gasteiger partial charge in [0.2, 0.25) is 0 Å². The van der Waals surface area contributed by atoms with E-state index in [0.29, 0.717) is 6.61 Å². The standard InChI is InChI=1S/C15H28N4O2.HI/c1-5-19(6-2)13(14-8-7-10-21-14)12-18-15(16-3)17-9-11-20-4;/h7-8,10,13H,5-6,9,11-12H2,1-4H3,(H2,16,17,18);1H. The maximum absolute atomic E-state index is 5.58. The van der Waals surface area contributed by atoms with E-state index >= 15 is 0 Å². The monoisotopic (exact) mass is 424 g/mol. The van der Waals surface area contributed by atoms with Crippen molar-refractivity contribution in [3.8, 4) is 0 Å². The first-order chi connectivity index (χ1) is 10.3. The van der Waals surface area contributed by atoms with E-state index in [1.165, 1.54) is 0 Å². The van der Waals surface area contributed by atoms with Crippen LogP contribution >= 0.6 is 24.0 Å². The number of ether oxygens (including phenoxy) is 1. The number of furan rings is 1. The lowest BCUT2D eigenvalue weighted by molar-refractivity contribution is 0.192. The molecule has 1 aromatic rings. The number of guanidine groups is 1. The summed E-state index contributed by atoms with van der Waals surface area (Å²) in [7, 11) is 3.45. The Morgan fingerprint density at radius 3 is 2.59 bits per heavy atom. The van der Waals surface area contributed by atoms with Crippen LogP contribution in [-0.4, -0.2) is 57.8 Å². The Balaban J connectivity index is 0.00000441. The second-order valence-corrected chi connectivity index (χ2v) is 4.63. The quantitative estimate of drug-likeness (QED) is 0.275. The molecule has 6 nitrogen and oxygen atoms in total. The van der Waals surface area contributed by atoms with Crippen LogP contribution in [0.2, 0.25) is 0 Å². The minimum atomic E-state index is 0. The molecule has 128 valence electrons. The van der Waals surface area contributed by atoms with E-state index in [-0.39, 0.29) is 30.0 Å². The zero-order valence-electron chi connectivity index (χ0n) is 14.0. The number of aliphatic imine (C=N–C) groups is 1. The van der Waals surface area contributed by atoms with Crippen molar-refractivity contribution in [1.29, 1.82) is 0 Å². The lowest BCUT2D eigenvalue weighted by atomic mass is 10.2. The molecule has 0 radical (unpaired) electrons. The highest BCUT2D eigenvalue weighted by molar-refractivity contribution is 14.0. The van der Waals surface area contributed by atoms with Gasteiger partial charge in [-0.05, 0) is 25.2 Å². The molecular weight excluding hydrogens is 395 g/mol. The normalized spacial score (nSPS) is 12.9. The van der Waals surface area contributed by atoms with E-state index in [2.05, 4.69) is 34.4 Å². The van der Waals surface area contributed by atoms with Crippen LogP contribution in [-0.2, 0) is 4.74 Å². The molecule has 1 unspecified atom stereocenters. The lowest BCUT2D eigenvalue weighted by Gasteiger charge is -2.28. The molecule has 1 heterocycles. The SMILES string of the molecule is CCN(CC)C(CNC(=NC)NCCOC)c1ccco1.I. The van der Waals surface area contributed by atoms with Gasteiger partial charge in [-0.1, -0.05) is 13.8 Å². The molecule has 7 heteroatoms. The molecule has 0 saturated carbocycles. The molecule has 0 bridgehead atoms. The molecule has 1 atom stereocenters. The highest BCUT2D eigenvalue weighted by atomic mass is 127. The van der Waals surface area contributed by atoms with Crippen LogP contribution in [0.4, 0.5) is 0 Å². The number of rotatable bonds is 9. The third-order valence-corrected chi connectivity index (χ3v) is 3.41. The Morgan fingerprint density at radius 1 is 1.36 bits per heavy atom. The molecule has 2 N–H and O–H groups in total. The summed E-state index contributed by atoms with van der Waals surface area (Å²) in [6, 6.07) is 4.14. The van der Waals surface area contributed by atoms with Crippen LogP contribution < -0.4 is 10.6 Å². The first kappa shape index (κ1) is 21.2. The molecule has 0 aliphatic heterocycles. The van der Waals surface area contributed by atoms with Gasteiger partial charge in [0.1, 0.15) is 5.76 Å². The van der Waals surface area contributed by atoms with Crippen molar-refractivity contribution in [3.63, 3.8) is 0 Å². The molecule has 0 saturated heterocycles. The number of likely N-dealkylation sites (N-methyl/N-ethyl adjacent to an activating group) is 1. The van der Waals surface area contributed by atoms with Crippen LogP contribution in [0.5, 0.6) is 0 Å². The van der Waals surface area contributed by atoms with E-state index in [1.807, 2.05) is 12.1 Å². The second-order valence-electron chi connectivity index (χ2n) is 4.63. The van der Waals surface area contributed by atoms with Gasteiger partial charge in [-0.3, -0.25) is 9.89 Å². The van der Waals surface area contributed by atoms with E-state index in [4.69, 9.17) is 9.15 Å². The van der Waals surface area contributed by atoms with Gasteiger partial charge in [0.25, 0.3) is 0 Å². The third-order valence-electron chi connectivity index (χ3n) is 3.41. The predicted molar refractivity (Wildman–Crippen MR) is 101 cm³/mol. The van der Waals surface area contributed by atoms with Crippen LogP contribution in [0, 0.1) is 0 Å². The van der Waals surface area contributed by atoms with Crippen molar-refractivity contribution >= 4 is 29.9 Å². The first-order valence-corrected chi connectivity index (χ1v) is 7.47. The maximum atomic E-state index is 5.58. The van der Waals surface area contributed by atoms with Crippen LogP contribution in [0.1, 0.15) is 25.6 Å². The molecule has 0 fully saturated rings. The van der Waals surface area contributed by atoms with Gasteiger partial charge >= 0.3 is 0 Å². The minimum absolute atomic E-state index is 0. The van der Waals surface area contributed by atoms with E-state index in [0.717, 1.165) is 37.9 Å². The van der Waals surface area contributed by atoms with Crippen molar-refractivity contribution in [1.82, 2.24) is 15.5 Å². The van der Waals surface area contributed by atoms with Crippen LogP contribution in [0.3, 0.4) is 0 Å². The fourth-order valence-corrected chi connectivity index (χ4v) is 2.24. The largest absolute Gasteiger partial charge is 0.468 e. The fourth-order valence-electron chi connectivity index (χ4n) is 2.24. The summed E-state index contributed by atoms with van der Waals surface area (Å²) >= 11 is 0. The summed E-state index contributed by atoms with van der Waals surface area (Å²) in [6.07, 6.45) is 1.72. The van der Waals surface area contributed by atoms with Gasteiger partial charge in [-0.2, -0.15) is 0 Å². The van der Waals surface area contributed by atoms with Gasteiger partial charge in [-0.25, -0.2) is 0 Å². The number of nitrogens with zero attached hydrogens (tertiary/aromatic N) is 2. The molecular formula is C15H29IN4O2. The predicted octanol–water partition coefficient (Wildman–Crippen LogP) is 2.09. The van der Waals surface area contributed by atoms with Crippen molar-refractivity contribution < 1.29 is 9.15 Å². The number of hydrogen-bond donors (Lipinski definition) is 2. The molecule has 1 rings (SSSR count). The van der Waals surface area contributed by atoms with E-state index < -0.39 is 0 Å². The molecule has 0 spiro atoms. The zero-order valence-corrected chi connectivity index (χ0v) is 16.3. The summed E-state index contributed by atoms with van der Waals surface area (Å²) in [5.74, 6) is 1.74. The second kappa shape index (κ2) is 12.7. The molecule has 0 aromatic carbocycles. The minimum Gasteiger partial charge on any atom is -0.468 e. The van der Waals surface area contributed by atoms with E-state index in [9.17, 15) is 0 Å². The average molecular weight is 424 g/mol. The smallest absolute Gasteiger partial charge is 0.191 e. The Hall–Kier alpha value is -0.800. The van der Waals surface area contributed by atoms with Crippen molar-refractivity contribution in [3.05, 3.63) is 24.2 Å². The zero-order chi connectivity index (χ0) is 15.5. The summed E-state index contributed by atoms with van der Waals surface area (Å²) in [6.45, 7) is 8.38. The van der Waals surface area contributed by atoms with Gasteiger partial charge in [0, 0.05) is 27.2 Å². The lowest BCUT2D eigenvalue weighted by Crippen LogP contribution is -2.43. The number of nitrogens with one attached hydrogen (secondary N) is 2. The summed E-state index contributed by atoms with van der Waals surface area (Å²) < 4.78 is 10.6. The Labute approximate surface area is 150 Å². The first-order valence-electron chi connectivity index (χ1n) is 7.47. The molecule has 0 aliphatic carbocycles. The Kier molecular flexibility index (Phi) is 12.3. The van der Waals surface area contributed by atoms with Gasteiger partial charge in [0.05, 0.1) is 18.9 Å². The summed E-state index contributed by atoms with van der Waals surface area (Å²) in [5.41, 5.74) is 0. The Bertz CT molecular complexity index is 394. The fraction of sp³-hybridized carbons (Fsp3) is 0.667. The van der Waals surface area contributed by atoms with Crippen molar-refractivity contribution in [2.75, 3.05) is 46.9 Å². The molecule has 0 amide bonds. The highest BCUT2D eigenvalue weighted by Crippen LogP contribution is 2.19. The number of methoxy groups -OCH3 is 1. The van der Waals surface area contributed by atoms with Gasteiger partial charge in [-0.15, -0.1) is 24.0 Å². The topological polar surface area (TPSA) is 62.0 Å². The molecule has 22 heavy (non-hydrogen) atoms. The third kappa shape index (κ3) is 6.97. The number of hydrogen-bond acceptors (Lipinski definition) is 4. The highest BCUT2D eigenvalue weighted by Gasteiger charge is 2.20.